The van der Waals surface area contributed by atoms with Gasteiger partial charge in [0.1, 0.15) is 30.3 Å². The zero-order chi connectivity index (χ0) is 22.9. The van der Waals surface area contributed by atoms with Crippen molar-refractivity contribution >= 4 is 0 Å². The van der Waals surface area contributed by atoms with E-state index in [0.29, 0.717) is 19.8 Å². The minimum Gasteiger partial charge on any atom is -0.492 e. The first kappa shape index (κ1) is 24.0. The van der Waals surface area contributed by atoms with Crippen LogP contribution in [0, 0.1) is 6.92 Å². The first-order valence-corrected chi connectivity index (χ1v) is 11.8. The van der Waals surface area contributed by atoms with E-state index in [1.165, 1.54) is 5.56 Å². The van der Waals surface area contributed by atoms with E-state index >= 15 is 0 Å². The number of morpholine rings is 1. The molecule has 7 heteroatoms. The number of hydrogen-bond donors (Lipinski definition) is 1. The third-order valence-corrected chi connectivity index (χ3v) is 6.05. The summed E-state index contributed by atoms with van der Waals surface area (Å²) in [5, 5.41) is 11.2. The summed E-state index contributed by atoms with van der Waals surface area (Å²) >= 11 is 0. The Hall–Kier alpha value is -2.16. The molecule has 1 N–H and O–H groups in total. The molecule has 2 fully saturated rings. The zero-order valence-corrected chi connectivity index (χ0v) is 19.6. The van der Waals surface area contributed by atoms with E-state index in [1.807, 2.05) is 43.3 Å². The molecule has 2 aromatic rings. The van der Waals surface area contributed by atoms with Crippen LogP contribution >= 0.6 is 0 Å². The normalized spacial score (nSPS) is 22.6. The summed E-state index contributed by atoms with van der Waals surface area (Å²) in [7, 11) is 0. The average Bonchev–Trinajstić information content (AvgIpc) is 3.01. The van der Waals surface area contributed by atoms with Crippen LogP contribution in [0.1, 0.15) is 11.1 Å². The van der Waals surface area contributed by atoms with Crippen molar-refractivity contribution in [1.82, 2.24) is 9.80 Å². The molecule has 0 saturated carbocycles. The molecule has 2 aliphatic rings. The summed E-state index contributed by atoms with van der Waals surface area (Å²) in [6, 6.07) is 16.1. The highest BCUT2D eigenvalue weighted by molar-refractivity contribution is 5.29. The van der Waals surface area contributed by atoms with Crippen LogP contribution in [0.2, 0.25) is 0 Å². The Balaban J connectivity index is 1.28. The van der Waals surface area contributed by atoms with Gasteiger partial charge < -0.3 is 24.1 Å². The highest BCUT2D eigenvalue weighted by Gasteiger charge is 2.33. The van der Waals surface area contributed by atoms with Crippen LogP contribution in [0.5, 0.6) is 11.5 Å². The Labute approximate surface area is 196 Å². The van der Waals surface area contributed by atoms with Crippen molar-refractivity contribution in [2.45, 2.75) is 19.1 Å². The van der Waals surface area contributed by atoms with Gasteiger partial charge in [-0.2, -0.15) is 0 Å². The van der Waals surface area contributed by atoms with Crippen LogP contribution in [-0.4, -0.2) is 92.9 Å². The van der Waals surface area contributed by atoms with Gasteiger partial charge in [-0.05, 0) is 36.8 Å². The minimum atomic E-state index is -1.06. The van der Waals surface area contributed by atoms with Crippen LogP contribution in [-0.2, 0) is 16.0 Å². The van der Waals surface area contributed by atoms with Crippen molar-refractivity contribution in [2.24, 2.45) is 0 Å². The molecule has 0 spiro atoms. The van der Waals surface area contributed by atoms with E-state index < -0.39 is 5.60 Å². The van der Waals surface area contributed by atoms with Crippen molar-refractivity contribution in [2.75, 3.05) is 72.4 Å². The first-order valence-electron chi connectivity index (χ1n) is 11.8. The molecule has 4 rings (SSSR count). The smallest absolute Gasteiger partial charge is 0.134 e. The number of rotatable bonds is 9. The molecule has 7 nitrogen and oxygen atoms in total. The van der Waals surface area contributed by atoms with Gasteiger partial charge in [0.2, 0.25) is 0 Å². The summed E-state index contributed by atoms with van der Waals surface area (Å²) in [5.41, 5.74) is 1.27. The summed E-state index contributed by atoms with van der Waals surface area (Å²) < 4.78 is 23.0. The summed E-state index contributed by atoms with van der Waals surface area (Å²) in [5.74, 6) is 1.64. The van der Waals surface area contributed by atoms with Crippen LogP contribution in [0.25, 0.3) is 0 Å². The third-order valence-electron chi connectivity index (χ3n) is 6.05. The molecule has 33 heavy (non-hydrogen) atoms. The lowest BCUT2D eigenvalue weighted by molar-refractivity contribution is -0.0646. The monoisotopic (exact) mass is 456 g/mol. The van der Waals surface area contributed by atoms with Gasteiger partial charge in [-0.15, -0.1) is 0 Å². The Morgan fingerprint density at radius 3 is 2.48 bits per heavy atom. The average molecular weight is 457 g/mol. The van der Waals surface area contributed by atoms with Gasteiger partial charge in [-0.1, -0.05) is 29.8 Å². The molecule has 2 heterocycles. The molecule has 0 bridgehead atoms. The fourth-order valence-corrected chi connectivity index (χ4v) is 4.18. The third kappa shape index (κ3) is 7.69. The maximum atomic E-state index is 11.2. The maximum absolute atomic E-state index is 11.2. The molecule has 2 aromatic carbocycles. The maximum Gasteiger partial charge on any atom is 0.134 e. The quantitative estimate of drug-likeness (QED) is 0.621. The largest absolute Gasteiger partial charge is 0.492 e. The topological polar surface area (TPSA) is 63.6 Å². The van der Waals surface area contributed by atoms with E-state index in [-0.39, 0.29) is 13.2 Å². The molecule has 1 atom stereocenters. The zero-order valence-electron chi connectivity index (χ0n) is 19.6. The van der Waals surface area contributed by atoms with Crippen molar-refractivity contribution in [1.29, 1.82) is 0 Å². The fraction of sp³-hybridized carbons (Fsp3) is 0.538. The number of β-amino-alcohol motifs (C(OH)–C–C–N with tert-alkyl or cyclic N) is 1. The van der Waals surface area contributed by atoms with Crippen molar-refractivity contribution in [3.05, 3.63) is 59.7 Å². The highest BCUT2D eigenvalue weighted by atomic mass is 16.5. The fourth-order valence-electron chi connectivity index (χ4n) is 4.18. The lowest BCUT2D eigenvalue weighted by Crippen LogP contribution is -2.48. The predicted octanol–water partition coefficient (Wildman–Crippen LogP) is 2.35. The molecular weight excluding hydrogens is 420 g/mol. The number of hydrogen-bond acceptors (Lipinski definition) is 7. The highest BCUT2D eigenvalue weighted by Crippen LogP contribution is 2.20. The van der Waals surface area contributed by atoms with Crippen LogP contribution < -0.4 is 9.47 Å². The number of aliphatic hydroxyl groups is 1. The van der Waals surface area contributed by atoms with Gasteiger partial charge in [0.25, 0.3) is 0 Å². The van der Waals surface area contributed by atoms with Gasteiger partial charge in [0.05, 0.1) is 26.4 Å². The van der Waals surface area contributed by atoms with E-state index in [0.717, 1.165) is 63.0 Å². The van der Waals surface area contributed by atoms with Crippen molar-refractivity contribution < 1.29 is 24.1 Å². The molecule has 0 aromatic heterocycles. The van der Waals surface area contributed by atoms with Crippen LogP contribution in [0.3, 0.4) is 0 Å². The number of aryl methyl sites for hydroxylation is 1. The molecule has 0 radical (unpaired) electrons. The molecule has 2 saturated heterocycles. The molecule has 0 amide bonds. The van der Waals surface area contributed by atoms with Crippen LogP contribution in [0.15, 0.2) is 48.5 Å². The Kier molecular flexibility index (Phi) is 8.58. The van der Waals surface area contributed by atoms with Crippen LogP contribution in [0.4, 0.5) is 0 Å². The molecule has 180 valence electrons. The van der Waals surface area contributed by atoms with E-state index in [2.05, 4.69) is 21.9 Å². The van der Waals surface area contributed by atoms with Crippen molar-refractivity contribution in [3.8, 4) is 11.5 Å². The van der Waals surface area contributed by atoms with E-state index in [1.54, 1.807) is 0 Å². The van der Waals surface area contributed by atoms with E-state index in [9.17, 15) is 5.11 Å². The second kappa shape index (κ2) is 11.8. The SMILES string of the molecule is Cc1ccc(OC[C@@]2(O)COCCN(Cc3cccc(OCCN4CCOCC4)c3)C2)cc1. The van der Waals surface area contributed by atoms with Gasteiger partial charge >= 0.3 is 0 Å². The number of benzene rings is 2. The molecule has 0 aliphatic carbocycles. The molecule has 2 aliphatic heterocycles. The number of nitrogens with zero attached hydrogens (tertiary/aromatic N) is 2. The Morgan fingerprint density at radius 2 is 1.67 bits per heavy atom. The van der Waals surface area contributed by atoms with Crippen molar-refractivity contribution in [3.63, 3.8) is 0 Å². The van der Waals surface area contributed by atoms with Gasteiger partial charge in [0, 0.05) is 39.3 Å². The Bertz CT molecular complexity index is 856. The molecule has 0 unspecified atom stereocenters. The minimum absolute atomic E-state index is 0.192. The van der Waals surface area contributed by atoms with Gasteiger partial charge in [0.15, 0.2) is 0 Å². The molecular formula is C26H36N2O5. The Morgan fingerprint density at radius 1 is 0.909 bits per heavy atom. The second-order valence-corrected chi connectivity index (χ2v) is 9.04. The lowest BCUT2D eigenvalue weighted by Gasteiger charge is -2.30. The number of ether oxygens (including phenoxy) is 4. The predicted molar refractivity (Wildman–Crippen MR) is 127 cm³/mol. The summed E-state index contributed by atoms with van der Waals surface area (Å²) in [6.07, 6.45) is 0. The van der Waals surface area contributed by atoms with E-state index in [4.69, 9.17) is 18.9 Å². The second-order valence-electron chi connectivity index (χ2n) is 9.04. The first-order chi connectivity index (χ1) is 16.1. The van der Waals surface area contributed by atoms with Gasteiger partial charge in [-0.25, -0.2) is 0 Å². The summed E-state index contributed by atoms with van der Waals surface area (Å²) in [6.45, 7) is 10.2. The standard InChI is InChI=1S/C26H36N2O5/c1-22-5-7-24(8-6-22)33-21-26(29)19-28(11-15-31-20-26)18-23-3-2-4-25(17-23)32-16-12-27-9-13-30-14-10-27/h2-8,17,29H,9-16,18-21H2,1H3/t26-/m0/s1. The summed E-state index contributed by atoms with van der Waals surface area (Å²) in [4.78, 5) is 4.59. The lowest BCUT2D eigenvalue weighted by atomic mass is 10.1. The van der Waals surface area contributed by atoms with Gasteiger partial charge in [-0.3, -0.25) is 9.80 Å².